The number of amides is 1. The quantitative estimate of drug-likeness (QED) is 0.478. The van der Waals surface area contributed by atoms with Crippen LogP contribution in [0.4, 0.5) is 4.39 Å². The van der Waals surface area contributed by atoms with Crippen molar-refractivity contribution in [3.63, 3.8) is 0 Å². The number of aromatic nitrogens is 5. The Balaban J connectivity index is 1.44. The van der Waals surface area contributed by atoms with Gasteiger partial charge in [-0.05, 0) is 65.9 Å². The number of hydrogen-bond donors (Lipinski definition) is 1. The third-order valence-electron chi connectivity index (χ3n) is 6.40. The Bertz CT molecular complexity index is 1310. The van der Waals surface area contributed by atoms with Gasteiger partial charge in [-0.25, -0.2) is 19.0 Å². The minimum Gasteiger partial charge on any atom is -0.340 e. The van der Waals surface area contributed by atoms with Gasteiger partial charge >= 0.3 is 0 Å². The lowest BCUT2D eigenvalue weighted by atomic mass is 10.1. The van der Waals surface area contributed by atoms with Gasteiger partial charge in [0.25, 0.3) is 5.91 Å². The number of nitrogens with one attached hydrogen (secondary N) is 1. The first-order valence-corrected chi connectivity index (χ1v) is 10.9. The fourth-order valence-electron chi connectivity index (χ4n) is 4.81. The number of carbonyl (C=O) groups excluding carboxylic acids is 1. The first-order chi connectivity index (χ1) is 15.0. The minimum absolute atomic E-state index is 0.137. The molecule has 9 heteroatoms. The average Bonchev–Trinajstić information content (AvgIpc) is 3.16. The van der Waals surface area contributed by atoms with Gasteiger partial charge in [-0.2, -0.15) is 5.10 Å². The molecule has 1 amide bonds. The topological polar surface area (TPSA) is 79.7 Å². The van der Waals surface area contributed by atoms with E-state index in [9.17, 15) is 9.18 Å². The number of rotatable bonds is 3. The van der Waals surface area contributed by atoms with Gasteiger partial charge < -0.3 is 9.88 Å². The second-order valence-electron chi connectivity index (χ2n) is 8.21. The van der Waals surface area contributed by atoms with Crippen LogP contribution in [0.5, 0.6) is 0 Å². The first kappa shape index (κ1) is 18.7. The Morgan fingerprint density at radius 3 is 2.97 bits per heavy atom. The number of aromatic amines is 1. The van der Waals surface area contributed by atoms with E-state index < -0.39 is 5.54 Å². The number of carbonyl (C=O) groups is 1. The molecule has 2 atom stereocenters. The minimum atomic E-state index is -0.494. The molecule has 1 saturated heterocycles. The molecule has 0 radical (unpaired) electrons. The number of imidazole rings is 1. The van der Waals surface area contributed by atoms with E-state index in [2.05, 4.69) is 36.0 Å². The lowest BCUT2D eigenvalue weighted by molar-refractivity contribution is 0.0674. The molecule has 4 aromatic rings. The lowest BCUT2D eigenvalue weighted by Crippen LogP contribution is -2.40. The highest BCUT2D eigenvalue weighted by atomic mass is 79.9. The molecule has 156 valence electrons. The van der Waals surface area contributed by atoms with Crippen LogP contribution in [0.25, 0.3) is 16.7 Å². The van der Waals surface area contributed by atoms with E-state index in [1.807, 2.05) is 30.0 Å². The van der Waals surface area contributed by atoms with Crippen LogP contribution < -0.4 is 0 Å². The van der Waals surface area contributed by atoms with Crippen molar-refractivity contribution in [3.8, 4) is 5.69 Å². The summed E-state index contributed by atoms with van der Waals surface area (Å²) in [5, 5.41) is 4.28. The van der Waals surface area contributed by atoms with Crippen molar-refractivity contribution in [2.75, 3.05) is 6.54 Å². The van der Waals surface area contributed by atoms with Crippen molar-refractivity contribution < 1.29 is 9.18 Å². The molecule has 4 heterocycles. The summed E-state index contributed by atoms with van der Waals surface area (Å²) in [4.78, 5) is 28.2. The monoisotopic (exact) mass is 480 g/mol. The standard InChI is InChI=1S/C22H18BrFN6O/c1-12-3-4-18(30-7-2-6-25-30)19(26-12)20(31)29-8-5-13-11-22(13,29)21-27-16-9-14(23)15(24)10-17(16)28-21/h2-4,6-7,9-10,13H,5,8,11H2,1H3,(H,27,28)/t13-,22+/m1/s1. The molecule has 1 saturated carbocycles. The second-order valence-corrected chi connectivity index (χ2v) is 9.06. The molecule has 6 rings (SSSR count). The SMILES string of the molecule is Cc1ccc(-n2cccn2)c(C(=O)N2CC[C@@H]3C[C@@]32c2nc3cc(F)c(Br)cc3[nH]2)n1. The third-order valence-corrected chi connectivity index (χ3v) is 7.01. The largest absolute Gasteiger partial charge is 0.340 e. The molecule has 7 nitrogen and oxygen atoms in total. The first-order valence-electron chi connectivity index (χ1n) is 10.1. The van der Waals surface area contributed by atoms with E-state index in [4.69, 9.17) is 0 Å². The molecule has 0 unspecified atom stereocenters. The number of fused-ring (bicyclic) bond motifs is 2. The second kappa shape index (κ2) is 6.46. The molecule has 1 aromatic carbocycles. The van der Waals surface area contributed by atoms with Crippen LogP contribution in [0.3, 0.4) is 0 Å². The Morgan fingerprint density at radius 1 is 1.32 bits per heavy atom. The van der Waals surface area contributed by atoms with Crippen LogP contribution in [0.1, 0.15) is 34.8 Å². The fraction of sp³-hybridized carbons (Fsp3) is 0.273. The number of benzene rings is 1. The smallest absolute Gasteiger partial charge is 0.275 e. The predicted octanol–water partition coefficient (Wildman–Crippen LogP) is 4.11. The number of piperidine rings is 1. The van der Waals surface area contributed by atoms with Gasteiger partial charge in [0.2, 0.25) is 0 Å². The van der Waals surface area contributed by atoms with Crippen LogP contribution in [0.2, 0.25) is 0 Å². The molecule has 1 aliphatic carbocycles. The van der Waals surface area contributed by atoms with Crippen LogP contribution in [0.15, 0.2) is 47.2 Å². The Morgan fingerprint density at radius 2 is 2.19 bits per heavy atom. The third kappa shape index (κ3) is 2.69. The zero-order valence-electron chi connectivity index (χ0n) is 16.6. The molecular weight excluding hydrogens is 463 g/mol. The number of H-pyrrole nitrogens is 1. The molecule has 0 bridgehead atoms. The average molecular weight is 481 g/mol. The highest BCUT2D eigenvalue weighted by Gasteiger charge is 2.66. The van der Waals surface area contributed by atoms with Gasteiger partial charge in [0, 0.05) is 30.7 Å². The van der Waals surface area contributed by atoms with Crippen molar-refractivity contribution in [1.82, 2.24) is 29.6 Å². The van der Waals surface area contributed by atoms with Crippen LogP contribution in [0, 0.1) is 18.7 Å². The summed E-state index contributed by atoms with van der Waals surface area (Å²) in [5.74, 6) is 0.553. The van der Waals surface area contributed by atoms with Crippen LogP contribution >= 0.6 is 15.9 Å². The Labute approximate surface area is 185 Å². The number of pyridine rings is 1. The lowest BCUT2D eigenvalue weighted by Gasteiger charge is -2.27. The van der Waals surface area contributed by atoms with E-state index in [0.29, 0.717) is 39.7 Å². The zero-order chi connectivity index (χ0) is 21.3. The van der Waals surface area contributed by atoms with Crippen molar-refractivity contribution in [3.05, 3.63) is 70.2 Å². The Kier molecular flexibility index (Phi) is 3.89. The summed E-state index contributed by atoms with van der Waals surface area (Å²) in [5.41, 5.74) is 2.60. The van der Waals surface area contributed by atoms with Gasteiger partial charge in [0.15, 0.2) is 5.69 Å². The van der Waals surface area contributed by atoms with Crippen molar-refractivity contribution in [2.45, 2.75) is 25.3 Å². The maximum absolute atomic E-state index is 14.0. The summed E-state index contributed by atoms with van der Waals surface area (Å²) in [7, 11) is 0. The number of halogens is 2. The van der Waals surface area contributed by atoms with E-state index >= 15 is 0 Å². The zero-order valence-corrected chi connectivity index (χ0v) is 18.2. The highest BCUT2D eigenvalue weighted by molar-refractivity contribution is 9.10. The van der Waals surface area contributed by atoms with Gasteiger partial charge in [-0.3, -0.25) is 4.79 Å². The molecule has 0 spiro atoms. The van der Waals surface area contributed by atoms with Gasteiger partial charge in [0.1, 0.15) is 17.2 Å². The van der Waals surface area contributed by atoms with Crippen LogP contribution in [-0.2, 0) is 5.54 Å². The van der Waals surface area contributed by atoms with E-state index in [-0.39, 0.29) is 11.7 Å². The number of hydrogen-bond acceptors (Lipinski definition) is 4. The summed E-state index contributed by atoms with van der Waals surface area (Å²) < 4.78 is 16.0. The summed E-state index contributed by atoms with van der Waals surface area (Å²) in [6.45, 7) is 2.50. The number of aryl methyl sites for hydroxylation is 1. The maximum Gasteiger partial charge on any atom is 0.275 e. The molecule has 31 heavy (non-hydrogen) atoms. The van der Waals surface area contributed by atoms with Crippen molar-refractivity contribution in [2.24, 2.45) is 5.92 Å². The summed E-state index contributed by atoms with van der Waals surface area (Å²) in [6, 6.07) is 8.66. The van der Waals surface area contributed by atoms with E-state index in [1.54, 1.807) is 23.1 Å². The van der Waals surface area contributed by atoms with E-state index in [0.717, 1.165) is 24.1 Å². The predicted molar refractivity (Wildman–Crippen MR) is 115 cm³/mol. The molecular formula is C22H18BrFN6O. The molecule has 1 aliphatic heterocycles. The van der Waals surface area contributed by atoms with Crippen molar-refractivity contribution in [1.29, 1.82) is 0 Å². The van der Waals surface area contributed by atoms with Gasteiger partial charge in [-0.1, -0.05) is 0 Å². The molecule has 1 N–H and O–H groups in total. The van der Waals surface area contributed by atoms with Gasteiger partial charge in [-0.15, -0.1) is 0 Å². The summed E-state index contributed by atoms with van der Waals surface area (Å²) in [6.07, 6.45) is 5.22. The van der Waals surface area contributed by atoms with E-state index in [1.165, 1.54) is 6.07 Å². The molecule has 2 fully saturated rings. The van der Waals surface area contributed by atoms with Gasteiger partial charge in [0.05, 0.1) is 21.2 Å². The normalized spacial score (nSPS) is 22.2. The highest BCUT2D eigenvalue weighted by Crippen LogP contribution is 2.62. The number of likely N-dealkylation sites (tertiary alicyclic amines) is 1. The molecule has 2 aliphatic rings. The Hall–Kier alpha value is -3.07. The van der Waals surface area contributed by atoms with Crippen LogP contribution in [-0.4, -0.2) is 42.1 Å². The van der Waals surface area contributed by atoms with Crippen molar-refractivity contribution >= 4 is 32.9 Å². The fourth-order valence-corrected chi connectivity index (χ4v) is 5.16. The number of nitrogens with zero attached hydrogens (tertiary/aromatic N) is 5. The summed E-state index contributed by atoms with van der Waals surface area (Å²) >= 11 is 3.23. The molecule has 3 aromatic heterocycles. The maximum atomic E-state index is 14.0.